The summed E-state index contributed by atoms with van der Waals surface area (Å²) in [7, 11) is -1.45. The van der Waals surface area contributed by atoms with Gasteiger partial charge in [0.25, 0.3) is 0 Å². The fraction of sp³-hybridized carbons (Fsp3) is 0.400. The van der Waals surface area contributed by atoms with Crippen molar-refractivity contribution in [2.45, 2.75) is 13.2 Å². The third-order valence-electron chi connectivity index (χ3n) is 2.57. The quantitative estimate of drug-likeness (QED) is 0.656. The van der Waals surface area contributed by atoms with Crippen molar-refractivity contribution < 1.29 is 19.5 Å². The molecule has 0 amide bonds. The number of hydrogen-bond donors (Lipinski definition) is 2. The molecule has 5 heteroatoms. The molecule has 1 saturated heterocycles. The Morgan fingerprint density at radius 1 is 1.27 bits per heavy atom. The molecule has 0 bridgehead atoms. The normalized spacial score (nSPS) is 17.0. The summed E-state index contributed by atoms with van der Waals surface area (Å²) in [5.74, 6) is 0. The highest BCUT2D eigenvalue weighted by Gasteiger charge is 2.23. The van der Waals surface area contributed by atoms with Gasteiger partial charge in [-0.15, -0.1) is 0 Å². The molecule has 0 aromatic heterocycles. The summed E-state index contributed by atoms with van der Waals surface area (Å²) in [4.78, 5) is 0. The topological polar surface area (TPSA) is 58.9 Å². The maximum Gasteiger partial charge on any atom is 0.488 e. The van der Waals surface area contributed by atoms with Gasteiger partial charge in [-0.25, -0.2) is 0 Å². The zero-order valence-corrected chi connectivity index (χ0v) is 8.51. The third kappa shape index (κ3) is 2.05. The number of benzene rings is 1. The molecule has 1 heterocycles. The molecule has 2 N–H and O–H groups in total. The van der Waals surface area contributed by atoms with Crippen LogP contribution in [0.2, 0.25) is 0 Å². The maximum atomic E-state index is 9.15. The molecular formula is C10H13BO4. The van der Waals surface area contributed by atoms with Crippen LogP contribution in [0.5, 0.6) is 0 Å². The average molecular weight is 208 g/mol. The van der Waals surface area contributed by atoms with E-state index in [1.165, 1.54) is 0 Å². The monoisotopic (exact) mass is 208 g/mol. The van der Waals surface area contributed by atoms with Gasteiger partial charge >= 0.3 is 7.12 Å². The van der Waals surface area contributed by atoms with E-state index in [1.54, 1.807) is 12.1 Å². The van der Waals surface area contributed by atoms with Gasteiger partial charge in [-0.2, -0.15) is 0 Å². The van der Waals surface area contributed by atoms with E-state index in [-0.39, 0.29) is 6.29 Å². The number of hydrogen-bond acceptors (Lipinski definition) is 4. The lowest BCUT2D eigenvalue weighted by Crippen LogP contribution is -2.33. The van der Waals surface area contributed by atoms with E-state index >= 15 is 0 Å². The molecule has 0 saturated carbocycles. The summed E-state index contributed by atoms with van der Waals surface area (Å²) in [6, 6.07) is 5.32. The molecule has 80 valence electrons. The van der Waals surface area contributed by atoms with E-state index in [0.717, 1.165) is 11.1 Å². The lowest BCUT2D eigenvalue weighted by molar-refractivity contribution is -0.0444. The van der Waals surface area contributed by atoms with Crippen LogP contribution < -0.4 is 5.46 Å². The Hall–Kier alpha value is -0.875. The summed E-state index contributed by atoms with van der Waals surface area (Å²) in [5.41, 5.74) is 2.16. The summed E-state index contributed by atoms with van der Waals surface area (Å²) < 4.78 is 10.7. The molecule has 1 aliphatic heterocycles. The first-order chi connectivity index (χ1) is 7.20. The molecule has 0 aliphatic carbocycles. The third-order valence-corrected chi connectivity index (χ3v) is 2.57. The van der Waals surface area contributed by atoms with Crippen molar-refractivity contribution >= 4 is 12.6 Å². The Kier molecular flexibility index (Phi) is 3.07. The highest BCUT2D eigenvalue weighted by atomic mass is 16.7. The number of ether oxygens (including phenoxy) is 2. The molecular weight excluding hydrogens is 195 g/mol. The highest BCUT2D eigenvalue weighted by molar-refractivity contribution is 6.59. The molecule has 0 radical (unpaired) electrons. The molecule has 1 aromatic carbocycles. The van der Waals surface area contributed by atoms with Crippen LogP contribution >= 0.6 is 0 Å². The van der Waals surface area contributed by atoms with Gasteiger partial charge in [-0.3, -0.25) is 0 Å². The predicted molar refractivity (Wildman–Crippen MR) is 55.6 cm³/mol. The van der Waals surface area contributed by atoms with Crippen LogP contribution in [0.3, 0.4) is 0 Å². The standard InChI is InChI=1S/C10H13BO4/c1-7-8(10-14-5-6-15-10)3-2-4-9(7)11(12)13/h2-4,10,12-13H,5-6H2,1H3. The first-order valence-electron chi connectivity index (χ1n) is 4.89. The van der Waals surface area contributed by atoms with Gasteiger partial charge in [0.1, 0.15) is 0 Å². The smallest absolute Gasteiger partial charge is 0.423 e. The van der Waals surface area contributed by atoms with Crippen LogP contribution in [0.15, 0.2) is 18.2 Å². The summed E-state index contributed by atoms with van der Waals surface area (Å²) in [5, 5.41) is 18.3. The second-order valence-electron chi connectivity index (χ2n) is 3.51. The largest absolute Gasteiger partial charge is 0.488 e. The molecule has 1 fully saturated rings. The van der Waals surface area contributed by atoms with Gasteiger partial charge in [0.2, 0.25) is 0 Å². The second-order valence-corrected chi connectivity index (χ2v) is 3.51. The van der Waals surface area contributed by atoms with Crippen LogP contribution in [0.4, 0.5) is 0 Å². The van der Waals surface area contributed by atoms with Crippen LogP contribution in [0.1, 0.15) is 17.4 Å². The second kappa shape index (κ2) is 4.32. The van der Waals surface area contributed by atoms with Crippen LogP contribution in [-0.4, -0.2) is 30.4 Å². The fourth-order valence-electron chi connectivity index (χ4n) is 1.75. The molecule has 1 aromatic rings. The van der Waals surface area contributed by atoms with Gasteiger partial charge in [-0.1, -0.05) is 18.2 Å². The minimum Gasteiger partial charge on any atom is -0.423 e. The predicted octanol–water partition coefficient (Wildman–Crippen LogP) is -0.280. The van der Waals surface area contributed by atoms with Crippen LogP contribution in [0, 0.1) is 6.92 Å². The highest BCUT2D eigenvalue weighted by Crippen LogP contribution is 2.24. The molecule has 1 aliphatic rings. The van der Waals surface area contributed by atoms with Gasteiger partial charge in [0.15, 0.2) is 6.29 Å². The fourth-order valence-corrected chi connectivity index (χ4v) is 1.75. The van der Waals surface area contributed by atoms with E-state index in [0.29, 0.717) is 18.7 Å². The molecule has 0 spiro atoms. The van der Waals surface area contributed by atoms with Crippen molar-refractivity contribution in [2.24, 2.45) is 0 Å². The zero-order chi connectivity index (χ0) is 10.8. The van der Waals surface area contributed by atoms with Gasteiger partial charge in [0, 0.05) is 5.56 Å². The molecule has 0 atom stereocenters. The lowest BCUT2D eigenvalue weighted by Gasteiger charge is -2.15. The Balaban J connectivity index is 2.34. The molecule has 2 rings (SSSR count). The molecule has 0 unspecified atom stereocenters. The summed E-state index contributed by atoms with van der Waals surface area (Å²) >= 11 is 0. The van der Waals surface area contributed by atoms with Crippen molar-refractivity contribution in [1.82, 2.24) is 0 Å². The van der Waals surface area contributed by atoms with Crippen molar-refractivity contribution in [3.63, 3.8) is 0 Å². The first-order valence-corrected chi connectivity index (χ1v) is 4.89. The van der Waals surface area contributed by atoms with E-state index < -0.39 is 7.12 Å². The summed E-state index contributed by atoms with van der Waals surface area (Å²) in [6.07, 6.45) is -0.372. The Labute approximate surface area is 88.6 Å². The van der Waals surface area contributed by atoms with Crippen molar-refractivity contribution in [1.29, 1.82) is 0 Å². The Morgan fingerprint density at radius 2 is 1.93 bits per heavy atom. The van der Waals surface area contributed by atoms with Gasteiger partial charge in [-0.05, 0) is 17.9 Å². The van der Waals surface area contributed by atoms with E-state index in [1.807, 2.05) is 13.0 Å². The lowest BCUT2D eigenvalue weighted by atomic mass is 9.76. The zero-order valence-electron chi connectivity index (χ0n) is 8.51. The minimum absolute atomic E-state index is 0.372. The maximum absolute atomic E-state index is 9.15. The SMILES string of the molecule is Cc1c(B(O)O)cccc1C1OCCO1. The summed E-state index contributed by atoms with van der Waals surface area (Å²) in [6.45, 7) is 2.99. The van der Waals surface area contributed by atoms with E-state index in [2.05, 4.69) is 0 Å². The van der Waals surface area contributed by atoms with Gasteiger partial charge < -0.3 is 19.5 Å². The van der Waals surface area contributed by atoms with Crippen LogP contribution in [-0.2, 0) is 9.47 Å². The van der Waals surface area contributed by atoms with Crippen molar-refractivity contribution in [3.05, 3.63) is 29.3 Å². The van der Waals surface area contributed by atoms with Crippen molar-refractivity contribution in [2.75, 3.05) is 13.2 Å². The first kappa shape index (κ1) is 10.6. The van der Waals surface area contributed by atoms with E-state index in [4.69, 9.17) is 19.5 Å². The van der Waals surface area contributed by atoms with E-state index in [9.17, 15) is 0 Å². The van der Waals surface area contributed by atoms with Crippen LogP contribution in [0.25, 0.3) is 0 Å². The number of rotatable bonds is 2. The Morgan fingerprint density at radius 3 is 2.53 bits per heavy atom. The van der Waals surface area contributed by atoms with Crippen molar-refractivity contribution in [3.8, 4) is 0 Å². The Bertz CT molecular complexity index is 347. The minimum atomic E-state index is -1.45. The van der Waals surface area contributed by atoms with Gasteiger partial charge in [0.05, 0.1) is 13.2 Å². The molecule has 15 heavy (non-hydrogen) atoms. The average Bonchev–Trinajstić information content (AvgIpc) is 2.70. The molecule has 4 nitrogen and oxygen atoms in total.